The number of carboxylic acid groups (broad SMARTS) is 1. The first kappa shape index (κ1) is 14.5. The fourth-order valence-corrected chi connectivity index (χ4v) is 1.60. The van der Waals surface area contributed by atoms with Gasteiger partial charge in [0, 0.05) is 6.54 Å². The standard InChI is InChI=1S/C13H19NO4/c1-8-6-10(4-5-12(8)18-3)11(15)7-14-9(2)13(16)17/h4-6,9,11,14-15H,7H2,1-3H3,(H,16,17). The number of ether oxygens (including phenoxy) is 1. The van der Waals surface area contributed by atoms with Crippen LogP contribution in [0.15, 0.2) is 18.2 Å². The van der Waals surface area contributed by atoms with Gasteiger partial charge in [0.2, 0.25) is 0 Å². The van der Waals surface area contributed by atoms with Gasteiger partial charge in [-0.15, -0.1) is 0 Å². The van der Waals surface area contributed by atoms with Gasteiger partial charge in [-0.05, 0) is 37.1 Å². The molecule has 3 N–H and O–H groups in total. The molecule has 0 bridgehead atoms. The number of carbonyl (C=O) groups is 1. The molecule has 1 rings (SSSR count). The van der Waals surface area contributed by atoms with Crippen LogP contribution in [0, 0.1) is 6.92 Å². The Morgan fingerprint density at radius 1 is 1.50 bits per heavy atom. The molecule has 1 aromatic carbocycles. The lowest BCUT2D eigenvalue weighted by Crippen LogP contribution is -2.36. The van der Waals surface area contributed by atoms with Crippen molar-refractivity contribution in [3.05, 3.63) is 29.3 Å². The minimum absolute atomic E-state index is 0.194. The lowest BCUT2D eigenvalue weighted by Gasteiger charge is -2.16. The third-order valence-corrected chi connectivity index (χ3v) is 2.79. The monoisotopic (exact) mass is 253 g/mol. The molecule has 5 nitrogen and oxygen atoms in total. The van der Waals surface area contributed by atoms with E-state index >= 15 is 0 Å². The van der Waals surface area contributed by atoms with E-state index in [-0.39, 0.29) is 6.54 Å². The van der Waals surface area contributed by atoms with Crippen molar-refractivity contribution in [3.8, 4) is 5.75 Å². The van der Waals surface area contributed by atoms with Gasteiger partial charge in [0.05, 0.1) is 13.2 Å². The molecular weight excluding hydrogens is 234 g/mol. The maximum absolute atomic E-state index is 10.6. The molecule has 0 saturated carbocycles. The van der Waals surface area contributed by atoms with Gasteiger partial charge in [0.15, 0.2) is 0 Å². The van der Waals surface area contributed by atoms with E-state index < -0.39 is 18.1 Å². The number of methoxy groups -OCH3 is 1. The first-order valence-corrected chi connectivity index (χ1v) is 5.74. The molecule has 0 aliphatic rings. The Bertz CT molecular complexity index is 419. The van der Waals surface area contributed by atoms with E-state index in [9.17, 15) is 9.90 Å². The van der Waals surface area contributed by atoms with Crippen LogP contribution in [-0.4, -0.2) is 35.9 Å². The molecule has 0 heterocycles. The lowest BCUT2D eigenvalue weighted by atomic mass is 10.1. The maximum atomic E-state index is 10.6. The van der Waals surface area contributed by atoms with Crippen molar-refractivity contribution in [3.63, 3.8) is 0 Å². The average Bonchev–Trinajstić information content (AvgIpc) is 2.35. The lowest BCUT2D eigenvalue weighted by molar-refractivity contribution is -0.139. The van der Waals surface area contributed by atoms with Crippen molar-refractivity contribution in [2.24, 2.45) is 0 Å². The molecule has 0 amide bonds. The average molecular weight is 253 g/mol. The van der Waals surface area contributed by atoms with Gasteiger partial charge in [-0.25, -0.2) is 0 Å². The molecule has 0 spiro atoms. The van der Waals surface area contributed by atoms with Gasteiger partial charge in [-0.3, -0.25) is 4.79 Å². The third kappa shape index (κ3) is 3.72. The van der Waals surface area contributed by atoms with E-state index in [1.165, 1.54) is 6.92 Å². The van der Waals surface area contributed by atoms with Crippen LogP contribution in [0.4, 0.5) is 0 Å². The molecule has 18 heavy (non-hydrogen) atoms. The number of aryl methyl sites for hydroxylation is 1. The maximum Gasteiger partial charge on any atom is 0.320 e. The van der Waals surface area contributed by atoms with E-state index in [0.717, 1.165) is 16.9 Å². The van der Waals surface area contributed by atoms with Crippen molar-refractivity contribution in [1.82, 2.24) is 5.32 Å². The number of aliphatic hydroxyl groups excluding tert-OH is 1. The summed E-state index contributed by atoms with van der Waals surface area (Å²) < 4.78 is 5.13. The molecule has 1 aromatic rings. The number of carboxylic acids is 1. The summed E-state index contributed by atoms with van der Waals surface area (Å²) >= 11 is 0. The molecule has 0 fully saturated rings. The van der Waals surface area contributed by atoms with Crippen LogP contribution >= 0.6 is 0 Å². The van der Waals surface area contributed by atoms with Crippen LogP contribution in [0.5, 0.6) is 5.75 Å². The predicted molar refractivity (Wildman–Crippen MR) is 67.8 cm³/mol. The summed E-state index contributed by atoms with van der Waals surface area (Å²) in [5, 5.41) is 21.4. The van der Waals surface area contributed by atoms with Crippen molar-refractivity contribution in [2.45, 2.75) is 26.0 Å². The molecule has 5 heteroatoms. The van der Waals surface area contributed by atoms with Crippen LogP contribution in [0.1, 0.15) is 24.2 Å². The third-order valence-electron chi connectivity index (χ3n) is 2.79. The number of aliphatic carboxylic acids is 1. The zero-order valence-electron chi connectivity index (χ0n) is 10.8. The Kier molecular flexibility index (Phi) is 5.12. The molecular formula is C13H19NO4. The highest BCUT2D eigenvalue weighted by Crippen LogP contribution is 2.22. The molecule has 100 valence electrons. The number of rotatable bonds is 6. The van der Waals surface area contributed by atoms with Crippen LogP contribution < -0.4 is 10.1 Å². The van der Waals surface area contributed by atoms with Gasteiger partial charge >= 0.3 is 5.97 Å². The summed E-state index contributed by atoms with van der Waals surface area (Å²) in [5.41, 5.74) is 1.67. The summed E-state index contributed by atoms with van der Waals surface area (Å²) in [6.45, 7) is 3.62. The van der Waals surface area contributed by atoms with E-state index in [4.69, 9.17) is 9.84 Å². The zero-order chi connectivity index (χ0) is 13.7. The smallest absolute Gasteiger partial charge is 0.320 e. The van der Waals surface area contributed by atoms with E-state index in [1.807, 2.05) is 13.0 Å². The van der Waals surface area contributed by atoms with Crippen molar-refractivity contribution in [1.29, 1.82) is 0 Å². The minimum atomic E-state index is -0.937. The number of aliphatic hydroxyl groups is 1. The van der Waals surface area contributed by atoms with Gasteiger partial charge in [0.25, 0.3) is 0 Å². The van der Waals surface area contributed by atoms with Crippen LogP contribution in [0.2, 0.25) is 0 Å². The second-order valence-electron chi connectivity index (χ2n) is 4.21. The van der Waals surface area contributed by atoms with Crippen molar-refractivity contribution in [2.75, 3.05) is 13.7 Å². The first-order chi connectivity index (χ1) is 8.45. The SMILES string of the molecule is COc1ccc(C(O)CNC(C)C(=O)O)cc1C. The van der Waals surface area contributed by atoms with Crippen molar-refractivity contribution >= 4 is 5.97 Å². The molecule has 0 aliphatic heterocycles. The minimum Gasteiger partial charge on any atom is -0.496 e. The van der Waals surface area contributed by atoms with E-state index in [0.29, 0.717) is 0 Å². The fraction of sp³-hybridized carbons (Fsp3) is 0.462. The number of hydrogen-bond acceptors (Lipinski definition) is 4. The molecule has 0 aromatic heterocycles. The van der Waals surface area contributed by atoms with E-state index in [2.05, 4.69) is 5.32 Å². The largest absolute Gasteiger partial charge is 0.496 e. The number of hydrogen-bond donors (Lipinski definition) is 3. The number of nitrogens with one attached hydrogen (secondary N) is 1. The van der Waals surface area contributed by atoms with Gasteiger partial charge in [-0.2, -0.15) is 0 Å². The highest BCUT2D eigenvalue weighted by atomic mass is 16.5. The highest BCUT2D eigenvalue weighted by Gasteiger charge is 2.14. The second-order valence-corrected chi connectivity index (χ2v) is 4.21. The summed E-state index contributed by atoms with van der Waals surface area (Å²) in [7, 11) is 1.59. The Morgan fingerprint density at radius 3 is 2.67 bits per heavy atom. The Balaban J connectivity index is 2.64. The Morgan fingerprint density at radius 2 is 2.17 bits per heavy atom. The van der Waals surface area contributed by atoms with Crippen LogP contribution in [0.3, 0.4) is 0 Å². The molecule has 0 saturated heterocycles. The predicted octanol–water partition coefficient (Wildman–Crippen LogP) is 1.10. The Hall–Kier alpha value is -1.59. The van der Waals surface area contributed by atoms with Gasteiger partial charge in [0.1, 0.15) is 11.8 Å². The summed E-state index contributed by atoms with van der Waals surface area (Å²) in [4.78, 5) is 10.6. The topological polar surface area (TPSA) is 78.8 Å². The van der Waals surface area contributed by atoms with Gasteiger partial charge < -0.3 is 20.3 Å². The fourth-order valence-electron chi connectivity index (χ4n) is 1.60. The first-order valence-electron chi connectivity index (χ1n) is 5.74. The molecule has 0 aliphatic carbocycles. The van der Waals surface area contributed by atoms with Crippen LogP contribution in [0.25, 0.3) is 0 Å². The van der Waals surface area contributed by atoms with Crippen molar-refractivity contribution < 1.29 is 19.7 Å². The summed E-state index contributed by atoms with van der Waals surface area (Å²) in [6.07, 6.45) is -0.739. The number of benzene rings is 1. The summed E-state index contributed by atoms with van der Waals surface area (Å²) in [5.74, 6) is -0.175. The van der Waals surface area contributed by atoms with E-state index in [1.54, 1.807) is 19.2 Å². The molecule has 2 atom stereocenters. The second kappa shape index (κ2) is 6.37. The zero-order valence-corrected chi connectivity index (χ0v) is 10.8. The normalized spacial score (nSPS) is 14.0. The summed E-state index contributed by atoms with van der Waals surface area (Å²) in [6, 6.07) is 4.70. The highest BCUT2D eigenvalue weighted by molar-refractivity contribution is 5.72. The molecule has 2 unspecified atom stereocenters. The Labute approximate surface area is 106 Å². The van der Waals surface area contributed by atoms with Gasteiger partial charge in [-0.1, -0.05) is 6.07 Å². The quantitative estimate of drug-likeness (QED) is 0.707. The van der Waals surface area contributed by atoms with Crippen LogP contribution in [-0.2, 0) is 4.79 Å². The molecule has 0 radical (unpaired) electrons.